The lowest BCUT2D eigenvalue weighted by molar-refractivity contribution is -0.138. The van der Waals surface area contributed by atoms with Gasteiger partial charge in [-0.3, -0.25) is 9.78 Å². The van der Waals surface area contributed by atoms with Gasteiger partial charge < -0.3 is 20.1 Å². The number of hydrogen-bond donors (Lipinski definition) is 3. The smallest absolute Gasteiger partial charge is 0.423 e. The molecule has 1 atom stereocenters. The van der Waals surface area contributed by atoms with Gasteiger partial charge in [0.2, 0.25) is 0 Å². The lowest BCUT2D eigenvalue weighted by Gasteiger charge is -2.22. The number of ether oxygens (including phenoxy) is 1. The monoisotopic (exact) mass is 222 g/mol. The molecule has 1 aromatic heterocycles. The van der Waals surface area contributed by atoms with Gasteiger partial charge in [-0.15, -0.1) is 0 Å². The van der Waals surface area contributed by atoms with E-state index in [1.165, 1.54) is 12.3 Å². The zero-order valence-electron chi connectivity index (χ0n) is 8.46. The first-order valence-corrected chi connectivity index (χ1v) is 4.90. The number of carbonyl (C=O) groups excluding carboxylic acids is 1. The number of nitrogens with one attached hydrogen (secondary N) is 1. The summed E-state index contributed by atoms with van der Waals surface area (Å²) < 4.78 is 5.28. The third kappa shape index (κ3) is 2.21. The van der Waals surface area contributed by atoms with E-state index in [4.69, 9.17) is 14.8 Å². The number of nitrogens with zero attached hydrogens (tertiary/aromatic N) is 1. The molecule has 16 heavy (non-hydrogen) atoms. The fraction of sp³-hybridized carbons (Fsp3) is 0.333. The molecule has 0 aromatic carbocycles. The summed E-state index contributed by atoms with van der Waals surface area (Å²) in [6.45, 7) is 0.950. The summed E-state index contributed by atoms with van der Waals surface area (Å²) in [5.74, 6) is -0.226. The number of amides is 1. The van der Waals surface area contributed by atoms with Gasteiger partial charge in [0.05, 0.1) is 12.3 Å². The fourth-order valence-corrected chi connectivity index (χ4v) is 1.46. The second-order valence-corrected chi connectivity index (χ2v) is 3.43. The van der Waals surface area contributed by atoms with E-state index in [0.717, 1.165) is 0 Å². The summed E-state index contributed by atoms with van der Waals surface area (Å²) in [5, 5.41) is 20.4. The molecule has 0 saturated carbocycles. The molecule has 0 bridgehead atoms. The quantitative estimate of drug-likeness (QED) is 0.501. The van der Waals surface area contributed by atoms with Crippen LogP contribution in [0.2, 0.25) is 0 Å². The van der Waals surface area contributed by atoms with Crippen molar-refractivity contribution in [1.82, 2.24) is 10.3 Å². The average Bonchev–Trinajstić information content (AvgIpc) is 2.30. The molecule has 1 saturated heterocycles. The summed E-state index contributed by atoms with van der Waals surface area (Å²) >= 11 is 0. The van der Waals surface area contributed by atoms with Crippen molar-refractivity contribution < 1.29 is 19.6 Å². The van der Waals surface area contributed by atoms with Crippen LogP contribution in [0.4, 0.5) is 0 Å². The van der Waals surface area contributed by atoms with Crippen molar-refractivity contribution in [3.05, 3.63) is 24.0 Å². The molecule has 2 rings (SSSR count). The van der Waals surface area contributed by atoms with Gasteiger partial charge in [0.15, 0.2) is 6.10 Å². The Hall–Kier alpha value is -1.44. The molecular formula is C9H11BN2O4. The van der Waals surface area contributed by atoms with Crippen molar-refractivity contribution in [2.75, 3.05) is 13.2 Å². The predicted octanol–water partition coefficient (Wildman–Crippen LogP) is -2.05. The van der Waals surface area contributed by atoms with Crippen LogP contribution in [-0.2, 0) is 9.53 Å². The minimum Gasteiger partial charge on any atom is -0.423 e. The molecule has 7 heteroatoms. The normalized spacial score (nSPS) is 20.4. The predicted molar refractivity (Wildman–Crippen MR) is 55.8 cm³/mol. The van der Waals surface area contributed by atoms with E-state index in [9.17, 15) is 4.79 Å². The van der Waals surface area contributed by atoms with Gasteiger partial charge in [-0.25, -0.2) is 0 Å². The zero-order chi connectivity index (χ0) is 11.5. The Morgan fingerprint density at radius 1 is 1.50 bits per heavy atom. The molecule has 1 fully saturated rings. The highest BCUT2D eigenvalue weighted by molar-refractivity contribution is 6.58. The van der Waals surface area contributed by atoms with E-state index in [1.807, 2.05) is 0 Å². The van der Waals surface area contributed by atoms with Crippen LogP contribution in [0.1, 0.15) is 11.8 Å². The second kappa shape index (κ2) is 4.61. The van der Waals surface area contributed by atoms with Crippen LogP contribution in [0.25, 0.3) is 0 Å². The Morgan fingerprint density at radius 2 is 2.31 bits per heavy atom. The Kier molecular flexibility index (Phi) is 3.18. The van der Waals surface area contributed by atoms with E-state index in [1.54, 1.807) is 6.07 Å². The first-order valence-electron chi connectivity index (χ1n) is 4.90. The fourth-order valence-electron chi connectivity index (χ4n) is 1.46. The third-order valence-electron chi connectivity index (χ3n) is 2.30. The highest BCUT2D eigenvalue weighted by Crippen LogP contribution is 2.16. The molecular weight excluding hydrogens is 211 g/mol. The van der Waals surface area contributed by atoms with E-state index < -0.39 is 13.2 Å². The highest BCUT2D eigenvalue weighted by atomic mass is 16.5. The van der Waals surface area contributed by atoms with Gasteiger partial charge >= 0.3 is 7.12 Å². The first-order chi connectivity index (χ1) is 7.68. The Labute approximate surface area is 92.4 Å². The third-order valence-corrected chi connectivity index (χ3v) is 2.30. The Balaban J connectivity index is 2.17. The standard InChI is InChI=1S/C9H11BN2O4/c13-9-8(16-4-3-11-9)7-2-1-6(5-12-7)10(14)15/h1-2,5,8,14-15H,3-4H2,(H,11,13). The summed E-state index contributed by atoms with van der Waals surface area (Å²) in [5.41, 5.74) is 0.738. The molecule has 1 unspecified atom stereocenters. The summed E-state index contributed by atoms with van der Waals surface area (Å²) in [7, 11) is -1.55. The maximum Gasteiger partial charge on any atom is 0.490 e. The number of rotatable bonds is 2. The molecule has 1 aliphatic rings. The van der Waals surface area contributed by atoms with Crippen molar-refractivity contribution in [3.63, 3.8) is 0 Å². The van der Waals surface area contributed by atoms with Crippen LogP contribution in [0.3, 0.4) is 0 Å². The lowest BCUT2D eigenvalue weighted by Crippen LogP contribution is -2.40. The van der Waals surface area contributed by atoms with E-state index in [-0.39, 0.29) is 11.4 Å². The number of pyridine rings is 1. The van der Waals surface area contributed by atoms with Crippen LogP contribution >= 0.6 is 0 Å². The van der Waals surface area contributed by atoms with Gasteiger partial charge in [-0.1, -0.05) is 6.07 Å². The van der Waals surface area contributed by atoms with Crippen LogP contribution in [0, 0.1) is 0 Å². The maximum atomic E-state index is 11.4. The van der Waals surface area contributed by atoms with Crippen molar-refractivity contribution in [1.29, 1.82) is 0 Å². The van der Waals surface area contributed by atoms with Crippen LogP contribution in [0.5, 0.6) is 0 Å². The average molecular weight is 222 g/mol. The van der Waals surface area contributed by atoms with Crippen LogP contribution in [0.15, 0.2) is 18.3 Å². The summed E-state index contributed by atoms with van der Waals surface area (Å²) in [6, 6.07) is 3.04. The summed E-state index contributed by atoms with van der Waals surface area (Å²) in [4.78, 5) is 15.4. The van der Waals surface area contributed by atoms with Crippen LogP contribution in [-0.4, -0.2) is 41.2 Å². The molecule has 3 N–H and O–H groups in total. The van der Waals surface area contributed by atoms with Crippen LogP contribution < -0.4 is 10.8 Å². The topological polar surface area (TPSA) is 91.7 Å². The molecule has 1 amide bonds. The van der Waals surface area contributed by atoms with Gasteiger partial charge in [-0.2, -0.15) is 0 Å². The van der Waals surface area contributed by atoms with Crippen molar-refractivity contribution in [3.8, 4) is 0 Å². The van der Waals surface area contributed by atoms with Crippen molar-refractivity contribution in [2.45, 2.75) is 6.10 Å². The van der Waals surface area contributed by atoms with Gasteiger partial charge in [-0.05, 0) is 6.07 Å². The van der Waals surface area contributed by atoms with Gasteiger partial charge in [0, 0.05) is 18.2 Å². The van der Waals surface area contributed by atoms with E-state index >= 15 is 0 Å². The number of aromatic nitrogens is 1. The number of hydrogen-bond acceptors (Lipinski definition) is 5. The molecule has 1 aliphatic heterocycles. The SMILES string of the molecule is O=C1NCCOC1c1ccc(B(O)O)cn1. The Bertz CT molecular complexity index is 382. The molecule has 1 aromatic rings. The highest BCUT2D eigenvalue weighted by Gasteiger charge is 2.26. The maximum absolute atomic E-state index is 11.4. The van der Waals surface area contributed by atoms with Crippen molar-refractivity contribution in [2.24, 2.45) is 0 Å². The first kappa shape index (κ1) is 11.1. The number of morpholine rings is 1. The molecule has 0 aliphatic carbocycles. The number of carbonyl (C=O) groups is 1. The largest absolute Gasteiger partial charge is 0.490 e. The zero-order valence-corrected chi connectivity index (χ0v) is 8.46. The van der Waals surface area contributed by atoms with E-state index in [0.29, 0.717) is 18.8 Å². The molecule has 0 radical (unpaired) electrons. The lowest BCUT2D eigenvalue weighted by atomic mass is 9.81. The second-order valence-electron chi connectivity index (χ2n) is 3.43. The van der Waals surface area contributed by atoms with E-state index in [2.05, 4.69) is 10.3 Å². The van der Waals surface area contributed by atoms with Crippen molar-refractivity contribution >= 4 is 18.5 Å². The van der Waals surface area contributed by atoms with Gasteiger partial charge in [0.25, 0.3) is 5.91 Å². The molecule has 2 heterocycles. The Morgan fingerprint density at radius 3 is 2.88 bits per heavy atom. The molecule has 84 valence electrons. The molecule has 6 nitrogen and oxygen atoms in total. The summed E-state index contributed by atoms with van der Waals surface area (Å²) in [6.07, 6.45) is 0.601. The minimum absolute atomic E-state index is 0.226. The minimum atomic E-state index is -1.55. The molecule has 0 spiro atoms. The van der Waals surface area contributed by atoms with Gasteiger partial charge in [0.1, 0.15) is 0 Å².